The molecule has 2 saturated heterocycles. The first kappa shape index (κ1) is 23.1. The number of alkyl halides is 3. The maximum absolute atomic E-state index is 13.4. The van der Waals surface area contributed by atoms with Crippen molar-refractivity contribution in [2.75, 3.05) is 37.7 Å². The molecule has 0 bridgehead atoms. The van der Waals surface area contributed by atoms with Crippen molar-refractivity contribution < 1.29 is 23.1 Å². The highest BCUT2D eigenvalue weighted by atomic mass is 19.4. The van der Waals surface area contributed by atoms with E-state index in [1.807, 2.05) is 17.9 Å². The van der Waals surface area contributed by atoms with Crippen LogP contribution in [-0.4, -0.2) is 58.5 Å². The highest BCUT2D eigenvalue weighted by molar-refractivity contribution is 5.76. The fourth-order valence-electron chi connectivity index (χ4n) is 5.10. The molecule has 1 spiro atoms. The van der Waals surface area contributed by atoms with Crippen LogP contribution in [0.15, 0.2) is 30.5 Å². The number of aliphatic hydroxyl groups excluding tert-OH is 1. The maximum Gasteiger partial charge on any atom is 0.417 e. The molecule has 2 aliphatic rings. The highest BCUT2D eigenvalue weighted by Gasteiger charge is 2.49. The molecule has 4 rings (SSSR count). The van der Waals surface area contributed by atoms with Crippen LogP contribution in [0.2, 0.25) is 0 Å². The van der Waals surface area contributed by atoms with Crippen LogP contribution in [0.5, 0.6) is 0 Å². The Labute approximate surface area is 190 Å². The van der Waals surface area contributed by atoms with Crippen molar-refractivity contribution in [2.45, 2.75) is 32.5 Å². The number of hydrogen-bond donors (Lipinski definition) is 1. The molecule has 0 aliphatic carbocycles. The molecule has 7 nitrogen and oxygen atoms in total. The fourth-order valence-corrected chi connectivity index (χ4v) is 5.10. The van der Waals surface area contributed by atoms with Gasteiger partial charge in [-0.3, -0.25) is 9.48 Å². The van der Waals surface area contributed by atoms with E-state index in [4.69, 9.17) is 5.26 Å². The Morgan fingerprint density at radius 3 is 2.61 bits per heavy atom. The van der Waals surface area contributed by atoms with Gasteiger partial charge in [0.25, 0.3) is 0 Å². The Balaban J connectivity index is 1.45. The lowest BCUT2D eigenvalue weighted by Crippen LogP contribution is -2.45. The lowest BCUT2D eigenvalue weighted by atomic mass is 9.71. The van der Waals surface area contributed by atoms with Gasteiger partial charge in [-0.05, 0) is 49.4 Å². The van der Waals surface area contributed by atoms with E-state index >= 15 is 0 Å². The van der Waals surface area contributed by atoms with Crippen molar-refractivity contribution in [3.05, 3.63) is 47.3 Å². The van der Waals surface area contributed by atoms with Crippen molar-refractivity contribution in [2.24, 2.45) is 11.3 Å². The topological polar surface area (TPSA) is 85.4 Å². The fraction of sp³-hybridized carbons (Fsp3) is 0.522. The van der Waals surface area contributed by atoms with Gasteiger partial charge in [-0.2, -0.15) is 23.5 Å². The zero-order chi connectivity index (χ0) is 23.8. The van der Waals surface area contributed by atoms with Gasteiger partial charge in [0.15, 0.2) is 0 Å². The smallest absolute Gasteiger partial charge is 0.396 e. The van der Waals surface area contributed by atoms with Crippen molar-refractivity contribution in [1.29, 1.82) is 5.26 Å². The first-order valence-corrected chi connectivity index (χ1v) is 10.9. The first-order chi connectivity index (χ1) is 15.6. The number of aromatic nitrogens is 2. The van der Waals surface area contributed by atoms with Gasteiger partial charge in [-0.15, -0.1) is 0 Å². The number of carbonyl (C=O) groups excluding carboxylic acids is 1. The highest BCUT2D eigenvalue weighted by Crippen LogP contribution is 2.45. The molecule has 2 aliphatic heterocycles. The van der Waals surface area contributed by atoms with E-state index in [1.54, 1.807) is 27.9 Å². The summed E-state index contributed by atoms with van der Waals surface area (Å²) in [6.45, 7) is 3.96. The Morgan fingerprint density at radius 2 is 2.03 bits per heavy atom. The summed E-state index contributed by atoms with van der Waals surface area (Å²) in [4.78, 5) is 16.5. The normalized spacial score (nSPS) is 20.3. The molecule has 176 valence electrons. The number of likely N-dealkylation sites (tertiary alicyclic amines) is 1. The number of piperidine rings is 1. The van der Waals surface area contributed by atoms with E-state index in [0.29, 0.717) is 44.7 Å². The van der Waals surface area contributed by atoms with E-state index in [9.17, 15) is 23.1 Å². The molecule has 0 saturated carbocycles. The summed E-state index contributed by atoms with van der Waals surface area (Å²) in [5.74, 6) is -0.132. The second-order valence-corrected chi connectivity index (χ2v) is 9.00. The summed E-state index contributed by atoms with van der Waals surface area (Å²) in [5, 5.41) is 23.3. The van der Waals surface area contributed by atoms with Crippen LogP contribution in [-0.2, 0) is 17.5 Å². The summed E-state index contributed by atoms with van der Waals surface area (Å²) < 4.78 is 41.7. The number of halogens is 3. The van der Waals surface area contributed by atoms with E-state index in [1.165, 1.54) is 6.07 Å². The third kappa shape index (κ3) is 4.55. The monoisotopic (exact) mass is 461 g/mol. The van der Waals surface area contributed by atoms with E-state index in [0.717, 1.165) is 11.8 Å². The molecule has 1 aromatic heterocycles. The molecular weight excluding hydrogens is 435 g/mol. The number of amides is 1. The molecule has 1 amide bonds. The number of anilines is 1. The molecule has 3 heterocycles. The van der Waals surface area contributed by atoms with Crippen LogP contribution in [0.25, 0.3) is 0 Å². The van der Waals surface area contributed by atoms with Crippen LogP contribution < -0.4 is 4.90 Å². The molecule has 1 atom stereocenters. The summed E-state index contributed by atoms with van der Waals surface area (Å²) >= 11 is 0. The Bertz CT molecular complexity index is 1070. The van der Waals surface area contributed by atoms with Gasteiger partial charge in [0.05, 0.1) is 22.9 Å². The molecule has 0 radical (unpaired) electrons. The second-order valence-electron chi connectivity index (χ2n) is 9.00. The van der Waals surface area contributed by atoms with Gasteiger partial charge in [-0.1, -0.05) is 0 Å². The number of benzene rings is 1. The van der Waals surface area contributed by atoms with Gasteiger partial charge in [0.1, 0.15) is 6.54 Å². The van der Waals surface area contributed by atoms with E-state index < -0.39 is 17.3 Å². The van der Waals surface area contributed by atoms with Crippen LogP contribution in [0.4, 0.5) is 18.9 Å². The van der Waals surface area contributed by atoms with Crippen LogP contribution >= 0.6 is 0 Å². The number of nitrogens with zero attached hydrogens (tertiary/aromatic N) is 5. The predicted molar refractivity (Wildman–Crippen MR) is 114 cm³/mol. The number of carbonyl (C=O) groups is 1. The third-order valence-electron chi connectivity index (χ3n) is 7.01. The quantitative estimate of drug-likeness (QED) is 0.757. The average molecular weight is 461 g/mol. The zero-order valence-corrected chi connectivity index (χ0v) is 18.3. The van der Waals surface area contributed by atoms with Crippen LogP contribution in [0, 0.1) is 29.6 Å². The average Bonchev–Trinajstić information content (AvgIpc) is 3.36. The molecular formula is C23H26F3N5O2. The molecule has 33 heavy (non-hydrogen) atoms. The molecule has 10 heteroatoms. The standard InChI is InChI=1S/C23H26F3N5O2/c1-16-4-7-31(28-16)13-21(33)30-12-18(14-32)22(15-30)5-8-29(9-6-22)19-3-2-17(11-27)20(10-19)23(24,25)26/h2-4,7,10,18,32H,5-6,8-9,12-15H2,1H3. The summed E-state index contributed by atoms with van der Waals surface area (Å²) in [6, 6.07) is 7.24. The summed E-state index contributed by atoms with van der Waals surface area (Å²) in [6.07, 6.45) is -1.53. The lowest BCUT2D eigenvalue weighted by Gasteiger charge is -2.43. The Kier molecular flexibility index (Phi) is 6.10. The largest absolute Gasteiger partial charge is 0.417 e. The number of hydrogen-bond acceptors (Lipinski definition) is 5. The minimum absolute atomic E-state index is 0.0419. The minimum atomic E-state index is -4.60. The maximum atomic E-state index is 13.4. The van der Waals surface area contributed by atoms with Gasteiger partial charge in [-0.25, -0.2) is 0 Å². The van der Waals surface area contributed by atoms with Crippen molar-refractivity contribution >= 4 is 11.6 Å². The Hall–Kier alpha value is -3.06. The molecule has 1 unspecified atom stereocenters. The SMILES string of the molecule is Cc1ccn(CC(=O)N2CC(CO)C3(CCN(c4ccc(C#N)c(C(F)(F)F)c4)CC3)C2)n1. The number of rotatable bonds is 4. The van der Waals surface area contributed by atoms with Crippen LogP contribution in [0.1, 0.15) is 29.7 Å². The molecule has 1 aromatic carbocycles. The first-order valence-electron chi connectivity index (χ1n) is 10.9. The van der Waals surface area contributed by atoms with Crippen molar-refractivity contribution in [3.8, 4) is 6.07 Å². The summed E-state index contributed by atoms with van der Waals surface area (Å²) in [7, 11) is 0. The molecule has 1 N–H and O–H groups in total. The predicted octanol–water partition coefficient (Wildman–Crippen LogP) is 2.82. The molecule has 2 fully saturated rings. The summed E-state index contributed by atoms with van der Waals surface area (Å²) in [5.41, 5.74) is -0.324. The van der Waals surface area contributed by atoms with Crippen molar-refractivity contribution in [3.63, 3.8) is 0 Å². The minimum Gasteiger partial charge on any atom is -0.396 e. The van der Waals surface area contributed by atoms with E-state index in [2.05, 4.69) is 5.10 Å². The number of aliphatic hydroxyl groups is 1. The third-order valence-corrected chi connectivity index (χ3v) is 7.01. The molecule has 2 aromatic rings. The van der Waals surface area contributed by atoms with E-state index in [-0.39, 0.29) is 30.4 Å². The number of aryl methyl sites for hydroxylation is 1. The van der Waals surface area contributed by atoms with Crippen molar-refractivity contribution in [1.82, 2.24) is 14.7 Å². The van der Waals surface area contributed by atoms with Gasteiger partial charge in [0, 0.05) is 50.6 Å². The van der Waals surface area contributed by atoms with Gasteiger partial charge < -0.3 is 14.9 Å². The Morgan fingerprint density at radius 1 is 1.30 bits per heavy atom. The van der Waals surface area contributed by atoms with Gasteiger partial charge >= 0.3 is 6.18 Å². The zero-order valence-electron chi connectivity index (χ0n) is 18.3. The second kappa shape index (κ2) is 8.71. The number of nitriles is 1. The van der Waals surface area contributed by atoms with Gasteiger partial charge in [0.2, 0.25) is 5.91 Å². The van der Waals surface area contributed by atoms with Crippen LogP contribution in [0.3, 0.4) is 0 Å². The lowest BCUT2D eigenvalue weighted by molar-refractivity contribution is -0.137.